The summed E-state index contributed by atoms with van der Waals surface area (Å²) in [5.74, 6) is -1.21. The van der Waals surface area contributed by atoms with Gasteiger partial charge < -0.3 is 40.3 Å². The van der Waals surface area contributed by atoms with Gasteiger partial charge in [-0.15, -0.1) is 0 Å². The van der Waals surface area contributed by atoms with E-state index in [1.165, 1.54) is 0 Å². The third kappa shape index (κ3) is 8.03. The van der Waals surface area contributed by atoms with Crippen LogP contribution < -0.4 is 74.6 Å². The number of carbonyl (C=O) groups excluding carboxylic acids is 1. The number of hydrogen-bond donors (Lipinski definition) is 5. The predicted molar refractivity (Wildman–Crippen MR) is 94.2 cm³/mol. The summed E-state index contributed by atoms with van der Waals surface area (Å²) in [4.78, 5) is 63.4. The summed E-state index contributed by atoms with van der Waals surface area (Å²) in [5.41, 5.74) is 5.42. The smallest absolute Gasteiger partial charge is 0.756 e. The van der Waals surface area contributed by atoms with Crippen LogP contribution in [0.15, 0.2) is 15.0 Å². The van der Waals surface area contributed by atoms with Gasteiger partial charge in [0, 0.05) is 0 Å². The average Bonchev–Trinajstić information content (AvgIpc) is 3.12. The molecule has 8 atom stereocenters. The zero-order chi connectivity index (χ0) is 24.1. The van der Waals surface area contributed by atoms with E-state index in [-0.39, 0.29) is 65.0 Å². The molecule has 1 fully saturated rings. The van der Waals surface area contributed by atoms with Crippen LogP contribution in [0.3, 0.4) is 0 Å². The third-order valence-electron chi connectivity index (χ3n) is 3.96. The van der Waals surface area contributed by atoms with Gasteiger partial charge in [-0.2, -0.15) is 9.98 Å². The van der Waals surface area contributed by atoms with Gasteiger partial charge in [-0.3, -0.25) is 28.3 Å². The van der Waals surface area contributed by atoms with Crippen LogP contribution in [0.5, 0.6) is 0 Å². The number of amides is 1. The van der Waals surface area contributed by atoms with Gasteiger partial charge in [0.1, 0.15) is 18.3 Å². The van der Waals surface area contributed by atoms with Crippen molar-refractivity contribution in [3.8, 4) is 0 Å². The van der Waals surface area contributed by atoms with Gasteiger partial charge >= 0.3 is 66.9 Å². The molecule has 1 amide bonds. The van der Waals surface area contributed by atoms with Crippen LogP contribution in [0.2, 0.25) is 0 Å². The molecule has 3 heterocycles. The molecular weight excluding hydrogens is 553 g/mol. The van der Waals surface area contributed by atoms with Crippen molar-refractivity contribution < 1.29 is 125 Å². The fourth-order valence-corrected chi connectivity index (χ4v) is 5.70. The first-order valence-electron chi connectivity index (χ1n) is 8.13. The van der Waals surface area contributed by atoms with Crippen molar-refractivity contribution in [3.63, 3.8) is 0 Å². The van der Waals surface area contributed by atoms with Crippen LogP contribution in [0.1, 0.15) is 0 Å². The molecule has 19 nitrogen and oxygen atoms in total. The van der Waals surface area contributed by atoms with Gasteiger partial charge in [0.2, 0.25) is 5.96 Å². The summed E-state index contributed by atoms with van der Waals surface area (Å²) in [6.07, 6.45) is -5.42. The number of aliphatic hydroxyl groups is 2. The predicted octanol–water partition coefficient (Wildman–Crippen LogP) is -10.5. The molecule has 0 aromatic carbocycles. The molecule has 3 aliphatic rings. The Kier molecular flexibility index (Phi) is 11.5. The molecule has 6 N–H and O–H groups in total. The molecule has 34 heavy (non-hydrogen) atoms. The van der Waals surface area contributed by atoms with Crippen molar-refractivity contribution in [2.75, 3.05) is 6.61 Å². The SMILES string of the molecule is NC1=NC(=O)C2N=CN([C@@H]3O[C@H](COP(=O)(O)OP(=O)([O-])OP(=O)([O-])O)[C@@H](O)[C@H]3O)C2=N1.[Na+].[Na+]. The summed E-state index contributed by atoms with van der Waals surface area (Å²) >= 11 is 0. The monoisotopic (exact) mass is 567 g/mol. The maximum Gasteiger partial charge on any atom is 1.00 e. The van der Waals surface area contributed by atoms with Crippen LogP contribution >= 0.6 is 23.5 Å². The van der Waals surface area contributed by atoms with Crippen LogP contribution in [0, 0.1) is 0 Å². The summed E-state index contributed by atoms with van der Waals surface area (Å²) in [7, 11) is -17.5. The van der Waals surface area contributed by atoms with Crippen LogP contribution in [0.4, 0.5) is 0 Å². The Morgan fingerprint density at radius 3 is 2.32 bits per heavy atom. The summed E-state index contributed by atoms with van der Waals surface area (Å²) in [6, 6.07) is -1.16. The number of aliphatic hydroxyl groups excluding tert-OH is 2. The van der Waals surface area contributed by atoms with Crippen molar-refractivity contribution >= 4 is 47.5 Å². The number of phosphoric ester groups is 1. The first-order valence-corrected chi connectivity index (χ1v) is 12.6. The quantitative estimate of drug-likeness (QED) is 0.134. The number of nitrogens with two attached hydrogens (primary N) is 1. The van der Waals surface area contributed by atoms with E-state index in [4.69, 9.17) is 15.4 Å². The maximum atomic E-state index is 11.8. The second-order valence-electron chi connectivity index (χ2n) is 6.24. The van der Waals surface area contributed by atoms with E-state index in [1.807, 2.05) is 0 Å². The number of phosphoric acid groups is 3. The largest absolute Gasteiger partial charge is 1.00 e. The van der Waals surface area contributed by atoms with E-state index >= 15 is 0 Å². The van der Waals surface area contributed by atoms with Gasteiger partial charge in [0.05, 0.1) is 12.9 Å². The molecule has 3 rings (SSSR count). The Hall–Kier alpha value is 0.570. The molecule has 24 heteroatoms. The zero-order valence-corrected chi connectivity index (χ0v) is 23.9. The number of nitrogens with zero attached hydrogens (tertiary/aromatic N) is 4. The first-order chi connectivity index (χ1) is 14.6. The number of carbonyl (C=O) groups is 1. The Labute approximate surface area is 234 Å². The fourth-order valence-electron chi connectivity index (χ4n) is 2.77. The summed E-state index contributed by atoms with van der Waals surface area (Å²) < 4.78 is 49.8. The van der Waals surface area contributed by atoms with E-state index in [0.29, 0.717) is 0 Å². The standard InChI is InChI=1S/C10H16N5O14P3.2Na/c11-10-13-7-4(8(18)14-10)12-2-15(7)9-6(17)5(16)3(27-9)1-26-31(22,23)29-32(24,25)28-30(19,20)21;;/h2-6,9,16-17H,1H2,(H,22,23)(H,24,25)(H2,11,14,18)(H2,19,20,21);;/q;2*+1/p-2/t3-,4?,5-,6-,9-;;/m1../s1. The zero-order valence-electron chi connectivity index (χ0n) is 17.3. The molecule has 4 unspecified atom stereocenters. The Morgan fingerprint density at radius 1 is 1.12 bits per heavy atom. The molecule has 3 aliphatic heterocycles. The number of ether oxygens (including phenoxy) is 1. The normalized spacial score (nSPS) is 33.4. The van der Waals surface area contributed by atoms with Crippen LogP contribution in [-0.2, 0) is 36.4 Å². The maximum absolute atomic E-state index is 11.8. The van der Waals surface area contributed by atoms with E-state index in [9.17, 15) is 43.4 Å². The van der Waals surface area contributed by atoms with E-state index in [0.717, 1.165) is 11.2 Å². The third-order valence-corrected chi connectivity index (χ3v) is 7.68. The van der Waals surface area contributed by atoms with Gasteiger partial charge in [-0.25, -0.2) is 13.2 Å². The topological polar surface area (TPSA) is 299 Å². The van der Waals surface area contributed by atoms with Gasteiger partial charge in [-0.05, 0) is 0 Å². The van der Waals surface area contributed by atoms with Gasteiger partial charge in [0.15, 0.2) is 18.1 Å². The fraction of sp³-hybridized carbons (Fsp3) is 0.600. The summed E-state index contributed by atoms with van der Waals surface area (Å²) in [6.45, 7) is -1.06. The first kappa shape index (κ1) is 32.6. The molecule has 0 aromatic heterocycles. The molecule has 0 spiro atoms. The molecule has 0 bridgehead atoms. The Bertz CT molecular complexity index is 1040. The number of fused-ring (bicyclic) bond motifs is 1. The molecule has 0 aliphatic carbocycles. The molecular formula is C10H14N5Na2O14P3. The minimum atomic E-state index is -6.04. The second-order valence-corrected chi connectivity index (χ2v) is 10.6. The van der Waals surface area contributed by atoms with Gasteiger partial charge in [-0.1, -0.05) is 0 Å². The number of amidine groups is 1. The average molecular weight is 567 g/mol. The van der Waals surface area contributed by atoms with Crippen molar-refractivity contribution in [1.82, 2.24) is 4.90 Å². The van der Waals surface area contributed by atoms with Crippen molar-refractivity contribution in [1.29, 1.82) is 0 Å². The Balaban J connectivity index is 0.00000289. The van der Waals surface area contributed by atoms with Crippen LogP contribution in [0.25, 0.3) is 0 Å². The second kappa shape index (κ2) is 12.0. The number of aliphatic imine (C=N–C) groups is 3. The number of rotatable bonds is 8. The van der Waals surface area contributed by atoms with Crippen molar-refractivity contribution in [2.45, 2.75) is 30.6 Å². The number of guanidine groups is 1. The van der Waals surface area contributed by atoms with Gasteiger partial charge in [0.25, 0.3) is 21.6 Å². The molecule has 0 saturated carbocycles. The molecule has 0 aromatic rings. The number of hydrogen-bond acceptors (Lipinski definition) is 16. The van der Waals surface area contributed by atoms with Crippen molar-refractivity contribution in [2.24, 2.45) is 20.7 Å². The minimum absolute atomic E-state index is 0. The van der Waals surface area contributed by atoms with Crippen molar-refractivity contribution in [3.05, 3.63) is 0 Å². The summed E-state index contributed by atoms with van der Waals surface area (Å²) in [5, 5.41) is 20.4. The van der Waals surface area contributed by atoms with E-state index < -0.39 is 72.5 Å². The van der Waals surface area contributed by atoms with E-state index in [1.54, 1.807) is 0 Å². The molecule has 0 radical (unpaired) electrons. The Morgan fingerprint density at radius 2 is 1.74 bits per heavy atom. The molecule has 1 saturated heterocycles. The van der Waals surface area contributed by atoms with Crippen LogP contribution in [-0.4, -0.2) is 86.1 Å². The van der Waals surface area contributed by atoms with E-state index in [2.05, 4.69) is 28.1 Å². The molecule has 180 valence electrons. The minimum Gasteiger partial charge on any atom is -0.756 e.